The molecule has 2 aromatic carbocycles. The molecule has 0 radical (unpaired) electrons. The van der Waals surface area contributed by atoms with Gasteiger partial charge in [-0.2, -0.15) is 13.2 Å². The smallest absolute Gasteiger partial charge is 0.370 e. The number of nitrogens with one attached hydrogen (secondary N) is 3. The van der Waals surface area contributed by atoms with E-state index in [0.717, 1.165) is 0 Å². The fraction of sp³-hybridized carbons (Fsp3) is 0.333. The first kappa shape index (κ1) is 24.1. The number of amides is 3. The second-order valence-corrected chi connectivity index (χ2v) is 6.73. The number of halogens is 4. The van der Waals surface area contributed by atoms with Crippen LogP contribution in [0.1, 0.15) is 24.1 Å². The monoisotopic (exact) mass is 441 g/mol. The summed E-state index contributed by atoms with van der Waals surface area (Å²) in [6.45, 7) is -0.0201. The summed E-state index contributed by atoms with van der Waals surface area (Å²) in [6, 6.07) is 11.7. The fourth-order valence-corrected chi connectivity index (χ4v) is 2.66. The molecule has 1 unspecified atom stereocenters. The molecular weight excluding hydrogens is 418 g/mol. The second kappa shape index (κ2) is 11.3. The van der Waals surface area contributed by atoms with E-state index in [9.17, 15) is 27.2 Å². The summed E-state index contributed by atoms with van der Waals surface area (Å²) >= 11 is 0. The maximum atomic E-state index is 13.7. The van der Waals surface area contributed by atoms with Crippen LogP contribution in [0.2, 0.25) is 0 Å². The van der Waals surface area contributed by atoms with E-state index in [1.807, 2.05) is 0 Å². The Morgan fingerprint density at radius 1 is 1.10 bits per heavy atom. The van der Waals surface area contributed by atoms with Crippen molar-refractivity contribution < 1.29 is 31.9 Å². The molecule has 3 amide bonds. The van der Waals surface area contributed by atoms with E-state index in [0.29, 0.717) is 11.3 Å². The zero-order chi connectivity index (χ0) is 22.9. The molecule has 1 atom stereocenters. The van der Waals surface area contributed by atoms with Gasteiger partial charge in [0.1, 0.15) is 12.4 Å². The molecule has 0 bridgehead atoms. The van der Waals surface area contributed by atoms with Gasteiger partial charge in [0.2, 0.25) is 5.91 Å². The Morgan fingerprint density at radius 3 is 2.55 bits per heavy atom. The van der Waals surface area contributed by atoms with Crippen LogP contribution in [-0.4, -0.2) is 37.9 Å². The minimum atomic E-state index is -4.41. The summed E-state index contributed by atoms with van der Waals surface area (Å²) in [5.41, 5.74) is 1.45. The molecule has 0 aliphatic rings. The number of alkyl halides is 3. The SMILES string of the molecule is CC(NC(=O)NCCOCC(F)(F)F)c1cccc(NC(=O)Cc2ccccc2F)c1. The lowest BCUT2D eigenvalue weighted by Crippen LogP contribution is -2.39. The lowest BCUT2D eigenvalue weighted by molar-refractivity contribution is -0.173. The van der Waals surface area contributed by atoms with Crippen molar-refractivity contribution in [1.29, 1.82) is 0 Å². The van der Waals surface area contributed by atoms with Crippen LogP contribution in [0.3, 0.4) is 0 Å². The fourth-order valence-electron chi connectivity index (χ4n) is 2.66. The van der Waals surface area contributed by atoms with Crippen LogP contribution in [0, 0.1) is 5.82 Å². The van der Waals surface area contributed by atoms with E-state index in [1.165, 1.54) is 12.1 Å². The third kappa shape index (κ3) is 9.04. The molecule has 0 aliphatic heterocycles. The molecule has 0 saturated carbocycles. The van der Waals surface area contributed by atoms with E-state index >= 15 is 0 Å². The number of ether oxygens (including phenoxy) is 1. The summed E-state index contributed by atoms with van der Waals surface area (Å²) < 4.78 is 54.0. The molecule has 0 heterocycles. The third-order valence-corrected chi connectivity index (χ3v) is 4.12. The van der Waals surface area contributed by atoms with Gasteiger partial charge in [0.05, 0.1) is 19.1 Å². The van der Waals surface area contributed by atoms with Crippen molar-refractivity contribution in [3.05, 3.63) is 65.5 Å². The van der Waals surface area contributed by atoms with Crippen molar-refractivity contribution in [2.24, 2.45) is 0 Å². The zero-order valence-electron chi connectivity index (χ0n) is 16.8. The Morgan fingerprint density at radius 2 is 1.84 bits per heavy atom. The summed E-state index contributed by atoms with van der Waals surface area (Å²) in [6.07, 6.45) is -4.53. The molecule has 168 valence electrons. The molecule has 0 aromatic heterocycles. The van der Waals surface area contributed by atoms with Crippen LogP contribution >= 0.6 is 0 Å². The molecular formula is C21H23F4N3O3. The maximum Gasteiger partial charge on any atom is 0.411 e. The van der Waals surface area contributed by atoms with E-state index in [1.54, 1.807) is 43.3 Å². The summed E-state index contributed by atoms with van der Waals surface area (Å²) in [7, 11) is 0. The Labute approximate surface area is 177 Å². The Hall–Kier alpha value is -3.14. The lowest BCUT2D eigenvalue weighted by atomic mass is 10.1. The number of rotatable bonds is 9. The highest BCUT2D eigenvalue weighted by Gasteiger charge is 2.27. The molecule has 2 rings (SSSR count). The second-order valence-electron chi connectivity index (χ2n) is 6.73. The number of hydrogen-bond acceptors (Lipinski definition) is 3. The first-order valence-corrected chi connectivity index (χ1v) is 9.46. The quantitative estimate of drug-likeness (QED) is 0.407. The highest BCUT2D eigenvalue weighted by molar-refractivity contribution is 5.92. The number of hydrogen-bond donors (Lipinski definition) is 3. The van der Waals surface area contributed by atoms with Crippen molar-refractivity contribution >= 4 is 17.6 Å². The molecule has 0 spiro atoms. The first-order valence-electron chi connectivity index (χ1n) is 9.46. The molecule has 0 saturated heterocycles. The highest BCUT2D eigenvalue weighted by atomic mass is 19.4. The van der Waals surface area contributed by atoms with E-state index in [2.05, 4.69) is 20.7 Å². The van der Waals surface area contributed by atoms with Crippen molar-refractivity contribution in [3.63, 3.8) is 0 Å². The van der Waals surface area contributed by atoms with Crippen molar-refractivity contribution in [3.8, 4) is 0 Å². The van der Waals surface area contributed by atoms with Crippen LogP contribution in [0.15, 0.2) is 48.5 Å². The van der Waals surface area contributed by atoms with Crippen LogP contribution in [0.5, 0.6) is 0 Å². The topological polar surface area (TPSA) is 79.5 Å². The molecule has 6 nitrogen and oxygen atoms in total. The Bertz CT molecular complexity index is 890. The van der Waals surface area contributed by atoms with E-state index in [-0.39, 0.29) is 31.0 Å². The number of anilines is 1. The molecule has 31 heavy (non-hydrogen) atoms. The van der Waals surface area contributed by atoms with Gasteiger partial charge >= 0.3 is 12.2 Å². The van der Waals surface area contributed by atoms with E-state index in [4.69, 9.17) is 0 Å². The summed E-state index contributed by atoms with van der Waals surface area (Å²) in [4.78, 5) is 24.1. The summed E-state index contributed by atoms with van der Waals surface area (Å²) in [5, 5.41) is 7.73. The van der Waals surface area contributed by atoms with Crippen molar-refractivity contribution in [1.82, 2.24) is 10.6 Å². The number of carbonyl (C=O) groups excluding carboxylic acids is 2. The van der Waals surface area contributed by atoms with Gasteiger partial charge in [-0.05, 0) is 36.2 Å². The van der Waals surface area contributed by atoms with E-state index < -0.39 is 30.7 Å². The number of benzene rings is 2. The lowest BCUT2D eigenvalue weighted by Gasteiger charge is -2.16. The van der Waals surface area contributed by atoms with Gasteiger partial charge in [-0.15, -0.1) is 0 Å². The Kier molecular flexibility index (Phi) is 8.80. The normalized spacial score (nSPS) is 12.2. The van der Waals surface area contributed by atoms with Crippen LogP contribution in [0.4, 0.5) is 28.0 Å². The number of urea groups is 1. The van der Waals surface area contributed by atoms with Gasteiger partial charge < -0.3 is 20.7 Å². The molecule has 10 heteroatoms. The highest BCUT2D eigenvalue weighted by Crippen LogP contribution is 2.18. The standard InChI is InChI=1S/C21H23F4N3O3/c1-14(27-20(30)26-9-10-31-13-21(23,24)25)15-6-4-7-17(11-15)28-19(29)12-16-5-2-3-8-18(16)22/h2-8,11,14H,9-10,12-13H2,1H3,(H,28,29)(H2,26,27,30). The van der Waals surface area contributed by atoms with Crippen molar-refractivity contribution in [2.45, 2.75) is 25.6 Å². The largest absolute Gasteiger partial charge is 0.411 e. The van der Waals surface area contributed by atoms with Crippen LogP contribution in [0.25, 0.3) is 0 Å². The molecule has 2 aromatic rings. The maximum absolute atomic E-state index is 13.7. The predicted octanol–water partition coefficient (Wildman–Crippen LogP) is 3.95. The number of carbonyl (C=O) groups is 2. The van der Waals surface area contributed by atoms with Crippen molar-refractivity contribution in [2.75, 3.05) is 25.1 Å². The van der Waals surface area contributed by atoms with Gasteiger partial charge in [0.15, 0.2) is 0 Å². The van der Waals surface area contributed by atoms with Crippen LogP contribution < -0.4 is 16.0 Å². The summed E-state index contributed by atoms with van der Waals surface area (Å²) in [5.74, 6) is -0.849. The molecule has 0 aliphatic carbocycles. The molecule has 0 fully saturated rings. The minimum Gasteiger partial charge on any atom is -0.370 e. The Balaban J connectivity index is 1.81. The first-order chi connectivity index (χ1) is 14.6. The predicted molar refractivity (Wildman–Crippen MR) is 107 cm³/mol. The molecule has 3 N–H and O–H groups in total. The van der Waals surface area contributed by atoms with Gasteiger partial charge in [-0.1, -0.05) is 30.3 Å². The van der Waals surface area contributed by atoms with Gasteiger partial charge in [0, 0.05) is 12.2 Å². The van der Waals surface area contributed by atoms with Crippen LogP contribution in [-0.2, 0) is 16.0 Å². The third-order valence-electron chi connectivity index (χ3n) is 4.12. The average molecular weight is 441 g/mol. The van der Waals surface area contributed by atoms with Gasteiger partial charge in [-0.25, -0.2) is 9.18 Å². The average Bonchev–Trinajstić information content (AvgIpc) is 2.68. The van der Waals surface area contributed by atoms with Gasteiger partial charge in [0.25, 0.3) is 0 Å². The zero-order valence-corrected chi connectivity index (χ0v) is 16.8. The minimum absolute atomic E-state index is 0.0826. The van der Waals surface area contributed by atoms with Gasteiger partial charge in [-0.3, -0.25) is 4.79 Å².